The highest BCUT2D eigenvalue weighted by Gasteiger charge is 2.22. The van der Waals surface area contributed by atoms with Gasteiger partial charge in [0.1, 0.15) is 0 Å². The van der Waals surface area contributed by atoms with Crippen molar-refractivity contribution >= 4 is 12.0 Å². The third-order valence-electron chi connectivity index (χ3n) is 3.82. The number of carbonyl (C=O) groups is 1. The van der Waals surface area contributed by atoms with Gasteiger partial charge >= 0.3 is 0 Å². The lowest BCUT2D eigenvalue weighted by Crippen LogP contribution is -2.23. The molecule has 1 aromatic heterocycles. The minimum absolute atomic E-state index is 0.0298. The number of amides is 1. The molecule has 2 aromatic rings. The molecule has 0 radical (unpaired) electrons. The Kier molecular flexibility index (Phi) is 4.28. The topological polar surface area (TPSA) is 51.7 Å². The maximum absolute atomic E-state index is 12.3. The molecule has 0 bridgehead atoms. The van der Waals surface area contributed by atoms with Gasteiger partial charge < -0.3 is 14.4 Å². The second-order valence-electron chi connectivity index (χ2n) is 5.25. The Morgan fingerprint density at radius 3 is 2.74 bits per heavy atom. The van der Waals surface area contributed by atoms with Crippen molar-refractivity contribution < 1.29 is 14.3 Å². The largest absolute Gasteiger partial charge is 0.493 e. The number of ether oxygens (including phenoxy) is 2. The molecule has 3 rings (SSSR count). The van der Waals surface area contributed by atoms with Crippen LogP contribution < -0.4 is 9.47 Å². The van der Waals surface area contributed by atoms with Crippen LogP contribution in [0.3, 0.4) is 0 Å². The van der Waals surface area contributed by atoms with E-state index in [9.17, 15) is 4.79 Å². The maximum atomic E-state index is 12.3. The first-order chi connectivity index (χ1) is 11.2. The van der Waals surface area contributed by atoms with Gasteiger partial charge in [0.05, 0.1) is 26.5 Å². The molecule has 1 aliphatic rings. The molecule has 0 unspecified atom stereocenters. The molecule has 5 nitrogen and oxygen atoms in total. The van der Waals surface area contributed by atoms with E-state index in [2.05, 4.69) is 4.98 Å². The molecule has 0 spiro atoms. The first-order valence-corrected chi connectivity index (χ1v) is 7.33. The highest BCUT2D eigenvalue weighted by Crippen LogP contribution is 2.28. The van der Waals surface area contributed by atoms with Gasteiger partial charge in [-0.25, -0.2) is 0 Å². The monoisotopic (exact) mass is 310 g/mol. The van der Waals surface area contributed by atoms with E-state index in [0.29, 0.717) is 24.6 Å². The first kappa shape index (κ1) is 15.1. The molecule has 23 heavy (non-hydrogen) atoms. The molecule has 118 valence electrons. The number of methoxy groups -OCH3 is 2. The van der Waals surface area contributed by atoms with Gasteiger partial charge in [-0.05, 0) is 35.4 Å². The molecule has 0 saturated heterocycles. The van der Waals surface area contributed by atoms with Crippen molar-refractivity contribution in [1.29, 1.82) is 0 Å². The van der Waals surface area contributed by atoms with Crippen LogP contribution in [0.4, 0.5) is 0 Å². The molecule has 0 atom stereocenters. The summed E-state index contributed by atoms with van der Waals surface area (Å²) in [6.07, 6.45) is 5.11. The lowest BCUT2D eigenvalue weighted by molar-refractivity contribution is -0.126. The van der Waals surface area contributed by atoms with Gasteiger partial charge in [-0.2, -0.15) is 0 Å². The van der Waals surface area contributed by atoms with Crippen molar-refractivity contribution in [2.45, 2.75) is 13.1 Å². The fraction of sp³-hybridized carbons (Fsp3) is 0.222. The summed E-state index contributed by atoms with van der Waals surface area (Å²) in [4.78, 5) is 18.4. The van der Waals surface area contributed by atoms with Gasteiger partial charge in [0.25, 0.3) is 0 Å². The zero-order valence-electron chi connectivity index (χ0n) is 13.2. The van der Waals surface area contributed by atoms with E-state index < -0.39 is 0 Å². The molecule has 0 aliphatic carbocycles. The van der Waals surface area contributed by atoms with Gasteiger partial charge in [-0.3, -0.25) is 9.78 Å². The number of rotatable bonds is 4. The highest BCUT2D eigenvalue weighted by atomic mass is 16.5. The molecular formula is C18H18N2O3. The fourth-order valence-electron chi connectivity index (χ4n) is 2.59. The first-order valence-electron chi connectivity index (χ1n) is 7.33. The van der Waals surface area contributed by atoms with E-state index in [1.807, 2.05) is 30.3 Å². The summed E-state index contributed by atoms with van der Waals surface area (Å²) in [7, 11) is 3.18. The van der Waals surface area contributed by atoms with Crippen molar-refractivity contribution in [3.8, 4) is 11.5 Å². The number of benzene rings is 1. The molecule has 0 N–H and O–H groups in total. The van der Waals surface area contributed by atoms with E-state index >= 15 is 0 Å². The number of pyridine rings is 1. The van der Waals surface area contributed by atoms with Crippen LogP contribution in [0, 0.1) is 0 Å². The lowest BCUT2D eigenvalue weighted by atomic mass is 10.2. The molecule has 1 amide bonds. The number of nitrogens with zero attached hydrogens (tertiary/aromatic N) is 2. The van der Waals surface area contributed by atoms with Crippen LogP contribution in [0.15, 0.2) is 42.6 Å². The number of aromatic nitrogens is 1. The SMILES string of the molecule is COc1ccc(/C=C/C(=O)N2Cc3cccnc3C2)cc1OC. The zero-order valence-corrected chi connectivity index (χ0v) is 13.2. The van der Waals surface area contributed by atoms with E-state index in [-0.39, 0.29) is 5.91 Å². The minimum Gasteiger partial charge on any atom is -0.493 e. The summed E-state index contributed by atoms with van der Waals surface area (Å²) in [6, 6.07) is 9.44. The van der Waals surface area contributed by atoms with Crippen molar-refractivity contribution in [2.24, 2.45) is 0 Å². The average molecular weight is 310 g/mol. The third kappa shape index (κ3) is 3.18. The predicted molar refractivity (Wildman–Crippen MR) is 87.1 cm³/mol. The maximum Gasteiger partial charge on any atom is 0.247 e. The smallest absolute Gasteiger partial charge is 0.247 e. The Hall–Kier alpha value is -2.82. The molecule has 5 heteroatoms. The van der Waals surface area contributed by atoms with Crippen LogP contribution in [0.5, 0.6) is 11.5 Å². The van der Waals surface area contributed by atoms with Crippen LogP contribution in [0.1, 0.15) is 16.8 Å². The van der Waals surface area contributed by atoms with E-state index in [0.717, 1.165) is 16.8 Å². The Balaban J connectivity index is 1.70. The second kappa shape index (κ2) is 6.52. The van der Waals surface area contributed by atoms with Crippen molar-refractivity contribution in [3.05, 3.63) is 59.4 Å². The van der Waals surface area contributed by atoms with Crippen LogP contribution in [0.2, 0.25) is 0 Å². The van der Waals surface area contributed by atoms with Crippen LogP contribution in [-0.4, -0.2) is 30.0 Å². The third-order valence-corrected chi connectivity index (χ3v) is 3.82. The average Bonchev–Trinajstić information content (AvgIpc) is 3.03. The summed E-state index contributed by atoms with van der Waals surface area (Å²) < 4.78 is 10.5. The number of hydrogen-bond donors (Lipinski definition) is 0. The van der Waals surface area contributed by atoms with Gasteiger partial charge in [0.15, 0.2) is 11.5 Å². The molecule has 1 aliphatic heterocycles. The summed E-state index contributed by atoms with van der Waals surface area (Å²) in [5.74, 6) is 1.27. The van der Waals surface area contributed by atoms with E-state index in [1.54, 1.807) is 37.5 Å². The quantitative estimate of drug-likeness (QED) is 0.815. The number of fused-ring (bicyclic) bond motifs is 1. The summed E-state index contributed by atoms with van der Waals surface area (Å²) in [5.41, 5.74) is 2.96. The molecule has 1 aromatic carbocycles. The van der Waals surface area contributed by atoms with Crippen molar-refractivity contribution in [1.82, 2.24) is 9.88 Å². The standard InChI is InChI=1S/C18H18N2O3/c1-22-16-7-5-13(10-17(16)23-2)6-8-18(21)20-11-14-4-3-9-19-15(14)12-20/h3-10H,11-12H2,1-2H3/b8-6+. The van der Waals surface area contributed by atoms with Gasteiger partial charge in [-0.1, -0.05) is 12.1 Å². The van der Waals surface area contributed by atoms with Crippen molar-refractivity contribution in [2.75, 3.05) is 14.2 Å². The Morgan fingerprint density at radius 2 is 2.00 bits per heavy atom. The van der Waals surface area contributed by atoms with Gasteiger partial charge in [-0.15, -0.1) is 0 Å². The molecule has 0 fully saturated rings. The fourth-order valence-corrected chi connectivity index (χ4v) is 2.59. The van der Waals surface area contributed by atoms with Crippen LogP contribution in [-0.2, 0) is 17.9 Å². The Morgan fingerprint density at radius 1 is 1.17 bits per heavy atom. The van der Waals surface area contributed by atoms with Crippen molar-refractivity contribution in [3.63, 3.8) is 0 Å². The Labute approximate surface area is 135 Å². The van der Waals surface area contributed by atoms with Crippen LogP contribution in [0.25, 0.3) is 6.08 Å². The predicted octanol–water partition coefficient (Wildman–Crippen LogP) is 2.65. The summed E-state index contributed by atoms with van der Waals surface area (Å²) in [5, 5.41) is 0. The number of carbonyl (C=O) groups excluding carboxylic acids is 1. The summed E-state index contributed by atoms with van der Waals surface area (Å²) >= 11 is 0. The molecule has 2 heterocycles. The summed E-state index contributed by atoms with van der Waals surface area (Å²) in [6.45, 7) is 1.17. The van der Waals surface area contributed by atoms with Crippen LogP contribution >= 0.6 is 0 Å². The molecular weight excluding hydrogens is 292 g/mol. The molecule has 0 saturated carbocycles. The second-order valence-corrected chi connectivity index (χ2v) is 5.25. The van der Waals surface area contributed by atoms with E-state index in [1.165, 1.54) is 0 Å². The minimum atomic E-state index is -0.0298. The highest BCUT2D eigenvalue weighted by molar-refractivity contribution is 5.92. The normalized spacial score (nSPS) is 13.2. The lowest BCUT2D eigenvalue weighted by Gasteiger charge is -2.12. The van der Waals surface area contributed by atoms with E-state index in [4.69, 9.17) is 9.47 Å². The Bertz CT molecular complexity index is 731. The van der Waals surface area contributed by atoms with Gasteiger partial charge in [0.2, 0.25) is 5.91 Å². The van der Waals surface area contributed by atoms with Gasteiger partial charge in [0, 0.05) is 18.8 Å². The number of hydrogen-bond acceptors (Lipinski definition) is 4. The zero-order chi connectivity index (χ0) is 16.2.